The van der Waals surface area contributed by atoms with Crippen molar-refractivity contribution in [3.05, 3.63) is 33.9 Å². The van der Waals surface area contributed by atoms with Crippen molar-refractivity contribution < 1.29 is 14.8 Å². The number of amides is 1. The lowest BCUT2D eigenvalue weighted by Crippen LogP contribution is -2.48. The number of nitro benzene ring substituents is 1. The van der Waals surface area contributed by atoms with Gasteiger partial charge in [-0.15, -0.1) is 0 Å². The van der Waals surface area contributed by atoms with Crippen LogP contribution in [0.25, 0.3) is 0 Å². The molecule has 2 bridgehead atoms. The Balaban J connectivity index is 1.75. The lowest BCUT2D eigenvalue weighted by Gasteiger charge is -2.35. The summed E-state index contributed by atoms with van der Waals surface area (Å²) >= 11 is 0. The van der Waals surface area contributed by atoms with Gasteiger partial charge in [0, 0.05) is 36.8 Å². The number of carbonyl (C=O) groups excluding carboxylic acids is 1. The normalized spacial score (nSPS) is 26.7. The van der Waals surface area contributed by atoms with Crippen LogP contribution in [0.3, 0.4) is 0 Å². The van der Waals surface area contributed by atoms with E-state index in [9.17, 15) is 20.0 Å². The standard InChI is InChI=1S/C15H19N3O4/c1-17(12-7-10-3-4-11(8-12)16-10)15(20)9-2-5-13(18(21)22)14(19)6-9/h2,5-6,10-12,16,19H,3-4,7-8H2,1H3. The highest BCUT2D eigenvalue weighted by molar-refractivity contribution is 5.95. The topological polar surface area (TPSA) is 95.7 Å². The number of phenols is 1. The Labute approximate surface area is 128 Å². The number of benzene rings is 1. The molecule has 0 radical (unpaired) electrons. The molecule has 0 aliphatic carbocycles. The number of nitro groups is 1. The molecule has 0 spiro atoms. The van der Waals surface area contributed by atoms with E-state index in [1.54, 1.807) is 11.9 Å². The van der Waals surface area contributed by atoms with E-state index in [1.165, 1.54) is 18.2 Å². The maximum absolute atomic E-state index is 12.5. The van der Waals surface area contributed by atoms with Crippen LogP contribution in [0.4, 0.5) is 5.69 Å². The first-order valence-corrected chi connectivity index (χ1v) is 7.46. The van der Waals surface area contributed by atoms with E-state index in [4.69, 9.17) is 0 Å². The third-order valence-electron chi connectivity index (χ3n) is 4.74. The van der Waals surface area contributed by atoms with Gasteiger partial charge in [0.05, 0.1) is 4.92 Å². The van der Waals surface area contributed by atoms with Gasteiger partial charge in [0.2, 0.25) is 0 Å². The molecule has 2 fully saturated rings. The van der Waals surface area contributed by atoms with Gasteiger partial charge in [-0.2, -0.15) is 0 Å². The second kappa shape index (κ2) is 5.57. The number of aromatic hydroxyl groups is 1. The molecule has 2 N–H and O–H groups in total. The molecule has 1 aromatic carbocycles. The summed E-state index contributed by atoms with van der Waals surface area (Å²) in [6.07, 6.45) is 4.17. The molecule has 3 rings (SSSR count). The average molecular weight is 305 g/mol. The SMILES string of the molecule is CN(C(=O)c1ccc([N+](=O)[O-])c(O)c1)C1CC2CCC(C1)N2. The number of nitrogens with zero attached hydrogens (tertiary/aromatic N) is 2. The number of carbonyl (C=O) groups is 1. The summed E-state index contributed by atoms with van der Waals surface area (Å²) in [6.45, 7) is 0. The van der Waals surface area contributed by atoms with Crippen LogP contribution in [-0.2, 0) is 0 Å². The van der Waals surface area contributed by atoms with Crippen LogP contribution in [0, 0.1) is 10.1 Å². The maximum Gasteiger partial charge on any atom is 0.310 e. The van der Waals surface area contributed by atoms with Crippen molar-refractivity contribution >= 4 is 11.6 Å². The maximum atomic E-state index is 12.5. The van der Waals surface area contributed by atoms with Crippen LogP contribution in [0.15, 0.2) is 18.2 Å². The van der Waals surface area contributed by atoms with Gasteiger partial charge in [-0.1, -0.05) is 0 Å². The summed E-state index contributed by atoms with van der Waals surface area (Å²) < 4.78 is 0. The molecule has 118 valence electrons. The van der Waals surface area contributed by atoms with Crippen molar-refractivity contribution in [3.63, 3.8) is 0 Å². The second-order valence-electron chi connectivity index (χ2n) is 6.14. The monoisotopic (exact) mass is 305 g/mol. The summed E-state index contributed by atoms with van der Waals surface area (Å²) in [7, 11) is 1.76. The van der Waals surface area contributed by atoms with Gasteiger partial charge < -0.3 is 15.3 Å². The Morgan fingerprint density at radius 3 is 2.55 bits per heavy atom. The molecule has 2 unspecified atom stereocenters. The fraction of sp³-hybridized carbons (Fsp3) is 0.533. The largest absolute Gasteiger partial charge is 0.502 e. The van der Waals surface area contributed by atoms with Crippen LogP contribution in [-0.4, -0.2) is 46.0 Å². The molecular formula is C15H19N3O4. The average Bonchev–Trinajstić information content (AvgIpc) is 2.83. The molecule has 7 heteroatoms. The van der Waals surface area contributed by atoms with Gasteiger partial charge in [0.25, 0.3) is 5.91 Å². The van der Waals surface area contributed by atoms with Crippen LogP contribution >= 0.6 is 0 Å². The highest BCUT2D eigenvalue weighted by atomic mass is 16.6. The number of piperidine rings is 1. The predicted octanol–water partition coefficient (Wildman–Crippen LogP) is 1.66. The van der Waals surface area contributed by atoms with E-state index in [0.717, 1.165) is 25.7 Å². The molecule has 2 aliphatic heterocycles. The molecule has 1 amide bonds. The van der Waals surface area contributed by atoms with Crippen LogP contribution in [0.5, 0.6) is 5.75 Å². The molecular weight excluding hydrogens is 286 g/mol. The summed E-state index contributed by atoms with van der Waals surface area (Å²) in [4.78, 5) is 24.3. The third kappa shape index (κ3) is 2.64. The molecule has 2 atom stereocenters. The van der Waals surface area contributed by atoms with Crippen molar-refractivity contribution in [2.75, 3.05) is 7.05 Å². The lowest BCUT2D eigenvalue weighted by atomic mass is 9.98. The number of nitrogens with one attached hydrogen (secondary N) is 1. The van der Waals surface area contributed by atoms with E-state index in [0.29, 0.717) is 12.1 Å². The Bertz CT molecular complexity index is 607. The van der Waals surface area contributed by atoms with E-state index >= 15 is 0 Å². The van der Waals surface area contributed by atoms with E-state index < -0.39 is 10.7 Å². The zero-order chi connectivity index (χ0) is 15.9. The van der Waals surface area contributed by atoms with Gasteiger partial charge in [-0.05, 0) is 37.8 Å². The molecule has 0 aromatic heterocycles. The molecule has 1 aromatic rings. The van der Waals surface area contributed by atoms with Crippen molar-refractivity contribution in [1.29, 1.82) is 0 Å². The quantitative estimate of drug-likeness (QED) is 0.654. The summed E-state index contributed by atoms with van der Waals surface area (Å²) in [5, 5.41) is 23.9. The van der Waals surface area contributed by atoms with Crippen LogP contribution in [0.1, 0.15) is 36.0 Å². The summed E-state index contributed by atoms with van der Waals surface area (Å²) in [5.41, 5.74) is -0.115. The number of rotatable bonds is 3. The number of fused-ring (bicyclic) bond motifs is 2. The van der Waals surface area contributed by atoms with E-state index in [2.05, 4.69) is 5.32 Å². The number of hydrogen-bond acceptors (Lipinski definition) is 5. The van der Waals surface area contributed by atoms with Gasteiger partial charge in [0.1, 0.15) is 0 Å². The smallest absolute Gasteiger partial charge is 0.310 e. The third-order valence-corrected chi connectivity index (χ3v) is 4.74. The van der Waals surface area contributed by atoms with Gasteiger partial charge >= 0.3 is 5.69 Å². The minimum Gasteiger partial charge on any atom is -0.502 e. The minimum atomic E-state index is -0.669. The molecule has 2 aliphatic rings. The fourth-order valence-electron chi connectivity index (χ4n) is 3.52. The highest BCUT2D eigenvalue weighted by Crippen LogP contribution is 2.31. The predicted molar refractivity (Wildman–Crippen MR) is 79.8 cm³/mol. The van der Waals surface area contributed by atoms with E-state index in [1.807, 2.05) is 0 Å². The molecule has 22 heavy (non-hydrogen) atoms. The zero-order valence-corrected chi connectivity index (χ0v) is 12.4. The van der Waals surface area contributed by atoms with Crippen LogP contribution < -0.4 is 5.32 Å². The number of hydrogen-bond donors (Lipinski definition) is 2. The Morgan fingerprint density at radius 2 is 2.00 bits per heavy atom. The summed E-state index contributed by atoms with van der Waals surface area (Å²) in [6, 6.07) is 4.86. The van der Waals surface area contributed by atoms with Crippen LogP contribution in [0.2, 0.25) is 0 Å². The Morgan fingerprint density at radius 1 is 1.36 bits per heavy atom. The zero-order valence-electron chi connectivity index (χ0n) is 12.4. The Kier molecular flexibility index (Phi) is 3.74. The van der Waals surface area contributed by atoms with E-state index in [-0.39, 0.29) is 23.2 Å². The first-order valence-electron chi connectivity index (χ1n) is 7.46. The van der Waals surface area contributed by atoms with Crippen molar-refractivity contribution in [3.8, 4) is 5.75 Å². The van der Waals surface area contributed by atoms with Crippen molar-refractivity contribution in [2.45, 2.75) is 43.8 Å². The molecule has 0 saturated carbocycles. The lowest BCUT2D eigenvalue weighted by molar-refractivity contribution is -0.385. The number of phenolic OH excluding ortho intramolecular Hbond substituents is 1. The first kappa shape index (κ1) is 14.8. The molecule has 2 heterocycles. The molecule has 7 nitrogen and oxygen atoms in total. The van der Waals surface area contributed by atoms with Gasteiger partial charge in [-0.3, -0.25) is 14.9 Å². The summed E-state index contributed by atoms with van der Waals surface area (Å²) in [5.74, 6) is -0.689. The minimum absolute atomic E-state index is 0.170. The Hall–Kier alpha value is -2.15. The first-order chi connectivity index (χ1) is 10.5. The second-order valence-corrected chi connectivity index (χ2v) is 6.14. The van der Waals surface area contributed by atoms with Gasteiger partial charge in [0.15, 0.2) is 5.75 Å². The highest BCUT2D eigenvalue weighted by Gasteiger charge is 2.36. The fourth-order valence-corrected chi connectivity index (χ4v) is 3.52. The van der Waals surface area contributed by atoms with Crippen molar-refractivity contribution in [2.24, 2.45) is 0 Å². The van der Waals surface area contributed by atoms with Crippen molar-refractivity contribution in [1.82, 2.24) is 10.2 Å². The van der Waals surface area contributed by atoms with Gasteiger partial charge in [-0.25, -0.2) is 0 Å². The molecule has 2 saturated heterocycles.